The Morgan fingerprint density at radius 3 is 2.74 bits per heavy atom. The number of methoxy groups -OCH3 is 1. The molecule has 0 aliphatic rings. The molecule has 0 spiro atoms. The number of nitrogens with one attached hydrogen (secondary N) is 2. The van der Waals surface area contributed by atoms with Gasteiger partial charge >= 0.3 is 0 Å². The molecule has 0 radical (unpaired) electrons. The van der Waals surface area contributed by atoms with Gasteiger partial charge in [0.25, 0.3) is 0 Å². The largest absolute Gasteiger partial charge is 0.481 e. The number of aromatic nitrogens is 8. The zero-order valence-corrected chi connectivity index (χ0v) is 19.3. The molecular formula is C23H21N9O2. The molecule has 6 heterocycles. The second kappa shape index (κ2) is 7.24. The molecular weight excluding hydrogens is 434 g/mol. The predicted molar refractivity (Wildman–Crippen MR) is 127 cm³/mol. The Morgan fingerprint density at radius 1 is 1.12 bits per heavy atom. The molecule has 0 aromatic carbocycles. The zero-order chi connectivity index (χ0) is 23.6. The van der Waals surface area contributed by atoms with Crippen molar-refractivity contribution in [2.24, 2.45) is 7.05 Å². The Labute approximate surface area is 193 Å². The van der Waals surface area contributed by atoms with Crippen molar-refractivity contribution in [2.45, 2.75) is 20.8 Å². The minimum atomic E-state index is 0.460. The van der Waals surface area contributed by atoms with Gasteiger partial charge in [-0.3, -0.25) is 0 Å². The van der Waals surface area contributed by atoms with E-state index < -0.39 is 0 Å². The van der Waals surface area contributed by atoms with Gasteiger partial charge in [-0.05, 0) is 39.0 Å². The van der Waals surface area contributed by atoms with Gasteiger partial charge in [-0.2, -0.15) is 5.10 Å². The summed E-state index contributed by atoms with van der Waals surface area (Å²) < 4.78 is 12.8. The molecule has 0 fully saturated rings. The molecule has 11 nitrogen and oxygen atoms in total. The lowest BCUT2D eigenvalue weighted by molar-refractivity contribution is 0.392. The Kier molecular flexibility index (Phi) is 4.28. The number of hydrogen-bond acceptors (Lipinski definition) is 9. The van der Waals surface area contributed by atoms with Crippen LogP contribution >= 0.6 is 0 Å². The highest BCUT2D eigenvalue weighted by Gasteiger charge is 2.22. The maximum absolute atomic E-state index is 5.67. The predicted octanol–water partition coefficient (Wildman–Crippen LogP) is 4.12. The summed E-state index contributed by atoms with van der Waals surface area (Å²) in [6, 6.07) is 5.83. The zero-order valence-electron chi connectivity index (χ0n) is 19.3. The standard InChI is InChI=1S/C23H21N9O2/c1-10-16(11(2)34-31-10)14-9-15-18(28-23(14)33-5)17-20(27-15)25-12(3)26-21(17)29-19-13-7-6-8-24-22(13)32(4)30-19/h6-9H,1-5H3,(H2,25,26,27,29,30). The third kappa shape index (κ3) is 2.90. The molecule has 0 saturated heterocycles. The lowest BCUT2D eigenvalue weighted by Gasteiger charge is -2.08. The van der Waals surface area contributed by atoms with E-state index in [0.717, 1.165) is 38.8 Å². The fourth-order valence-electron chi connectivity index (χ4n) is 4.39. The second-order valence-corrected chi connectivity index (χ2v) is 8.08. The summed E-state index contributed by atoms with van der Waals surface area (Å²) in [5.74, 6) is 3.01. The van der Waals surface area contributed by atoms with Crippen LogP contribution in [-0.4, -0.2) is 47.0 Å². The number of fused-ring (bicyclic) bond motifs is 4. The third-order valence-electron chi connectivity index (χ3n) is 5.83. The van der Waals surface area contributed by atoms with Crippen LogP contribution in [0.5, 0.6) is 5.88 Å². The van der Waals surface area contributed by atoms with Crippen LogP contribution in [0.25, 0.3) is 44.2 Å². The first-order valence-electron chi connectivity index (χ1n) is 10.7. The van der Waals surface area contributed by atoms with Gasteiger partial charge in [0.1, 0.15) is 28.6 Å². The van der Waals surface area contributed by atoms with Gasteiger partial charge in [0.15, 0.2) is 11.5 Å². The molecule has 6 aromatic rings. The number of anilines is 2. The van der Waals surface area contributed by atoms with Gasteiger partial charge < -0.3 is 19.6 Å². The van der Waals surface area contributed by atoms with Crippen LogP contribution in [0.2, 0.25) is 0 Å². The minimum absolute atomic E-state index is 0.460. The van der Waals surface area contributed by atoms with Crippen LogP contribution in [0, 0.1) is 20.8 Å². The monoisotopic (exact) mass is 455 g/mol. The van der Waals surface area contributed by atoms with Crippen molar-refractivity contribution in [3.63, 3.8) is 0 Å². The summed E-state index contributed by atoms with van der Waals surface area (Å²) in [4.78, 5) is 21.9. The van der Waals surface area contributed by atoms with Crippen LogP contribution in [0.1, 0.15) is 17.3 Å². The van der Waals surface area contributed by atoms with Crippen LogP contribution < -0.4 is 10.1 Å². The normalized spacial score (nSPS) is 11.7. The molecule has 6 rings (SSSR count). The van der Waals surface area contributed by atoms with Crippen LogP contribution in [0.4, 0.5) is 11.6 Å². The number of aromatic amines is 1. The molecule has 0 aliphatic heterocycles. The second-order valence-electron chi connectivity index (χ2n) is 8.08. The summed E-state index contributed by atoms with van der Waals surface area (Å²) in [6.07, 6.45) is 1.74. The van der Waals surface area contributed by atoms with E-state index in [1.807, 2.05) is 46.0 Å². The molecule has 11 heteroatoms. The number of hydrogen-bond donors (Lipinski definition) is 2. The van der Waals surface area contributed by atoms with Crippen LogP contribution in [0.15, 0.2) is 28.9 Å². The highest BCUT2D eigenvalue weighted by molar-refractivity contribution is 6.11. The van der Waals surface area contributed by atoms with Crippen molar-refractivity contribution in [3.8, 4) is 17.0 Å². The average molecular weight is 455 g/mol. The maximum atomic E-state index is 5.67. The molecule has 2 N–H and O–H groups in total. The van der Waals surface area contributed by atoms with E-state index in [1.54, 1.807) is 18.0 Å². The maximum Gasteiger partial charge on any atom is 0.221 e. The minimum Gasteiger partial charge on any atom is -0.481 e. The Hall–Kier alpha value is -4.54. The van der Waals surface area contributed by atoms with Gasteiger partial charge in [0.2, 0.25) is 5.88 Å². The summed E-state index contributed by atoms with van der Waals surface area (Å²) in [5, 5.41) is 13.7. The Morgan fingerprint density at radius 2 is 1.97 bits per heavy atom. The van der Waals surface area contributed by atoms with Crippen molar-refractivity contribution in [1.29, 1.82) is 0 Å². The third-order valence-corrected chi connectivity index (χ3v) is 5.83. The van der Waals surface area contributed by atoms with Crippen molar-refractivity contribution in [1.82, 2.24) is 39.9 Å². The highest BCUT2D eigenvalue weighted by atomic mass is 16.5. The molecule has 0 atom stereocenters. The first kappa shape index (κ1) is 20.1. The van der Waals surface area contributed by atoms with E-state index >= 15 is 0 Å². The molecule has 6 aromatic heterocycles. The topological polar surface area (TPSA) is 132 Å². The fraction of sp³-hybridized carbons (Fsp3) is 0.217. The number of ether oxygens (including phenoxy) is 1. The summed E-state index contributed by atoms with van der Waals surface area (Å²) >= 11 is 0. The van der Waals surface area contributed by atoms with Crippen LogP contribution in [0.3, 0.4) is 0 Å². The molecule has 34 heavy (non-hydrogen) atoms. The summed E-state index contributed by atoms with van der Waals surface area (Å²) in [6.45, 7) is 5.61. The molecule has 0 aliphatic carbocycles. The van der Waals surface area contributed by atoms with Crippen molar-refractivity contribution in [2.75, 3.05) is 12.4 Å². The van der Waals surface area contributed by atoms with Gasteiger partial charge in [-0.1, -0.05) is 5.16 Å². The first-order valence-corrected chi connectivity index (χ1v) is 10.7. The fourth-order valence-corrected chi connectivity index (χ4v) is 4.39. The first-order chi connectivity index (χ1) is 16.4. The number of pyridine rings is 2. The van der Waals surface area contributed by atoms with Gasteiger partial charge in [-0.25, -0.2) is 24.6 Å². The highest BCUT2D eigenvalue weighted by Crippen LogP contribution is 2.39. The van der Waals surface area contributed by atoms with Gasteiger partial charge in [0.05, 0.1) is 40.2 Å². The lowest BCUT2D eigenvalue weighted by Crippen LogP contribution is -2.00. The van der Waals surface area contributed by atoms with Crippen molar-refractivity contribution < 1.29 is 9.26 Å². The number of H-pyrrole nitrogens is 1. The van der Waals surface area contributed by atoms with Crippen molar-refractivity contribution >= 4 is 44.7 Å². The van der Waals surface area contributed by atoms with Gasteiger partial charge in [0, 0.05) is 13.2 Å². The smallest absolute Gasteiger partial charge is 0.221 e. The molecule has 0 amide bonds. The SMILES string of the molecule is COc1nc2c(cc1-c1c(C)noc1C)[nH]c1nc(C)nc(Nc3nn(C)c4ncccc34)c12. The summed E-state index contributed by atoms with van der Waals surface area (Å²) in [5.41, 5.74) is 5.33. The molecule has 0 unspecified atom stereocenters. The molecule has 0 bridgehead atoms. The number of aryl methyl sites for hydroxylation is 4. The molecule has 170 valence electrons. The van der Waals surface area contributed by atoms with E-state index in [9.17, 15) is 0 Å². The number of rotatable bonds is 4. The van der Waals surface area contributed by atoms with Crippen LogP contribution in [-0.2, 0) is 7.05 Å². The van der Waals surface area contributed by atoms with E-state index in [2.05, 4.69) is 35.5 Å². The molecule has 0 saturated carbocycles. The lowest BCUT2D eigenvalue weighted by atomic mass is 10.0. The Bertz CT molecular complexity index is 1710. The average Bonchev–Trinajstić information content (AvgIpc) is 3.45. The van der Waals surface area contributed by atoms with Gasteiger partial charge in [-0.15, -0.1) is 0 Å². The van der Waals surface area contributed by atoms with E-state index in [4.69, 9.17) is 14.2 Å². The van der Waals surface area contributed by atoms with E-state index in [1.165, 1.54) is 0 Å². The summed E-state index contributed by atoms with van der Waals surface area (Å²) in [7, 11) is 3.45. The van der Waals surface area contributed by atoms with E-state index in [-0.39, 0.29) is 0 Å². The quantitative estimate of drug-likeness (QED) is 0.403. The Balaban J connectivity index is 1.59. The number of nitrogens with zero attached hydrogens (tertiary/aromatic N) is 7. The van der Waals surface area contributed by atoms with E-state index in [0.29, 0.717) is 40.3 Å². The van der Waals surface area contributed by atoms with Crippen molar-refractivity contribution in [3.05, 3.63) is 41.7 Å².